The molecule has 0 saturated heterocycles. The number of rotatable bonds is 10. The van der Waals surface area contributed by atoms with Crippen LogP contribution in [-0.2, 0) is 14.3 Å². The Morgan fingerprint density at radius 2 is 2.00 bits per heavy atom. The SMILES string of the molecule is CCCCOC(=O)CN(CC)CC(=O)Nc1cccc(OC)c1. The molecule has 0 unspecified atom stereocenters. The third-order valence-electron chi connectivity index (χ3n) is 3.28. The van der Waals surface area contributed by atoms with Crippen molar-refractivity contribution in [2.24, 2.45) is 0 Å². The molecule has 0 bridgehead atoms. The Labute approximate surface area is 137 Å². The van der Waals surface area contributed by atoms with Gasteiger partial charge in [0.1, 0.15) is 5.75 Å². The molecule has 0 heterocycles. The maximum absolute atomic E-state index is 12.1. The molecule has 128 valence electrons. The summed E-state index contributed by atoms with van der Waals surface area (Å²) in [6.45, 7) is 5.22. The van der Waals surface area contributed by atoms with Crippen LogP contribution < -0.4 is 10.1 Å². The molecular weight excluding hydrogens is 296 g/mol. The fourth-order valence-corrected chi connectivity index (χ4v) is 1.94. The molecule has 0 atom stereocenters. The van der Waals surface area contributed by atoms with Gasteiger partial charge in [-0.2, -0.15) is 0 Å². The summed E-state index contributed by atoms with van der Waals surface area (Å²) >= 11 is 0. The van der Waals surface area contributed by atoms with Gasteiger partial charge in [-0.15, -0.1) is 0 Å². The number of hydrogen-bond acceptors (Lipinski definition) is 5. The monoisotopic (exact) mass is 322 g/mol. The Morgan fingerprint density at radius 3 is 2.65 bits per heavy atom. The van der Waals surface area contributed by atoms with Crippen molar-refractivity contribution < 1.29 is 19.1 Å². The molecule has 0 aliphatic rings. The second-order valence-electron chi connectivity index (χ2n) is 5.16. The van der Waals surface area contributed by atoms with Crippen molar-refractivity contribution in [2.75, 3.05) is 38.7 Å². The van der Waals surface area contributed by atoms with Gasteiger partial charge < -0.3 is 14.8 Å². The molecule has 1 aromatic rings. The second kappa shape index (κ2) is 10.6. The summed E-state index contributed by atoms with van der Waals surface area (Å²) in [7, 11) is 1.57. The highest BCUT2D eigenvalue weighted by Gasteiger charge is 2.14. The summed E-state index contributed by atoms with van der Waals surface area (Å²) in [6, 6.07) is 7.14. The van der Waals surface area contributed by atoms with Crippen LogP contribution in [0.2, 0.25) is 0 Å². The van der Waals surface area contributed by atoms with Crippen LogP contribution in [0.1, 0.15) is 26.7 Å². The molecule has 1 rings (SSSR count). The average Bonchev–Trinajstić information content (AvgIpc) is 2.54. The van der Waals surface area contributed by atoms with Crippen molar-refractivity contribution in [2.45, 2.75) is 26.7 Å². The summed E-state index contributed by atoms with van der Waals surface area (Å²) in [5.74, 6) is 0.200. The van der Waals surface area contributed by atoms with Crippen molar-refractivity contribution in [3.05, 3.63) is 24.3 Å². The zero-order valence-electron chi connectivity index (χ0n) is 14.1. The fourth-order valence-electron chi connectivity index (χ4n) is 1.94. The number of nitrogens with zero attached hydrogens (tertiary/aromatic N) is 1. The number of unbranched alkanes of at least 4 members (excludes halogenated alkanes) is 1. The Balaban J connectivity index is 2.44. The van der Waals surface area contributed by atoms with Crippen LogP contribution in [0.3, 0.4) is 0 Å². The molecule has 6 heteroatoms. The van der Waals surface area contributed by atoms with Crippen LogP contribution in [0.15, 0.2) is 24.3 Å². The minimum atomic E-state index is -0.297. The molecule has 1 amide bonds. The minimum Gasteiger partial charge on any atom is -0.497 e. The predicted octanol–water partition coefficient (Wildman–Crippen LogP) is 2.30. The van der Waals surface area contributed by atoms with Crippen molar-refractivity contribution >= 4 is 17.6 Å². The number of methoxy groups -OCH3 is 1. The van der Waals surface area contributed by atoms with E-state index in [0.29, 0.717) is 24.6 Å². The molecule has 0 saturated carbocycles. The van der Waals surface area contributed by atoms with Gasteiger partial charge in [0.05, 0.1) is 26.8 Å². The van der Waals surface area contributed by atoms with E-state index in [1.54, 1.807) is 36.3 Å². The van der Waals surface area contributed by atoms with Gasteiger partial charge in [0.25, 0.3) is 0 Å². The van der Waals surface area contributed by atoms with E-state index in [4.69, 9.17) is 9.47 Å². The number of carbonyl (C=O) groups excluding carboxylic acids is 2. The highest BCUT2D eigenvalue weighted by atomic mass is 16.5. The van der Waals surface area contributed by atoms with Gasteiger partial charge in [-0.1, -0.05) is 26.3 Å². The van der Waals surface area contributed by atoms with E-state index < -0.39 is 0 Å². The van der Waals surface area contributed by atoms with Gasteiger partial charge in [0.15, 0.2) is 0 Å². The lowest BCUT2D eigenvalue weighted by Crippen LogP contribution is -2.37. The van der Waals surface area contributed by atoms with Crippen LogP contribution in [0.4, 0.5) is 5.69 Å². The van der Waals surface area contributed by atoms with Crippen LogP contribution >= 0.6 is 0 Å². The topological polar surface area (TPSA) is 67.9 Å². The molecule has 1 N–H and O–H groups in total. The zero-order chi connectivity index (χ0) is 17.1. The normalized spacial score (nSPS) is 10.4. The third kappa shape index (κ3) is 7.65. The van der Waals surface area contributed by atoms with Crippen LogP contribution in [0, 0.1) is 0 Å². The number of carbonyl (C=O) groups is 2. The van der Waals surface area contributed by atoms with Gasteiger partial charge in [-0.05, 0) is 25.1 Å². The smallest absolute Gasteiger partial charge is 0.320 e. The van der Waals surface area contributed by atoms with E-state index in [2.05, 4.69) is 5.32 Å². The van der Waals surface area contributed by atoms with Crippen molar-refractivity contribution in [1.82, 2.24) is 4.90 Å². The predicted molar refractivity (Wildman–Crippen MR) is 89.6 cm³/mol. The first kappa shape index (κ1) is 19.0. The number of esters is 1. The number of ether oxygens (including phenoxy) is 2. The maximum atomic E-state index is 12.1. The van der Waals surface area contributed by atoms with E-state index in [1.165, 1.54) is 0 Å². The van der Waals surface area contributed by atoms with Crippen molar-refractivity contribution in [3.63, 3.8) is 0 Å². The average molecular weight is 322 g/mol. The van der Waals surface area contributed by atoms with Crippen LogP contribution in [0.25, 0.3) is 0 Å². The Bertz CT molecular complexity index is 505. The largest absolute Gasteiger partial charge is 0.497 e. The Hall–Kier alpha value is -2.08. The molecule has 0 aliphatic carbocycles. The Morgan fingerprint density at radius 1 is 1.22 bits per heavy atom. The standard InChI is InChI=1S/C17H26N2O4/c1-4-6-10-23-17(21)13-19(5-2)12-16(20)18-14-8-7-9-15(11-14)22-3/h7-9,11H,4-6,10,12-13H2,1-3H3,(H,18,20). The number of amides is 1. The summed E-state index contributed by atoms with van der Waals surface area (Å²) in [4.78, 5) is 25.5. The van der Waals surface area contributed by atoms with Gasteiger partial charge in [0, 0.05) is 11.8 Å². The van der Waals surface area contributed by atoms with Crippen LogP contribution in [0.5, 0.6) is 5.75 Å². The highest BCUT2D eigenvalue weighted by Crippen LogP contribution is 2.16. The lowest BCUT2D eigenvalue weighted by atomic mass is 10.3. The molecule has 6 nitrogen and oxygen atoms in total. The maximum Gasteiger partial charge on any atom is 0.320 e. The molecular formula is C17H26N2O4. The van der Waals surface area contributed by atoms with E-state index in [-0.39, 0.29) is 25.0 Å². The summed E-state index contributed by atoms with van der Waals surface area (Å²) in [6.07, 6.45) is 1.84. The Kier molecular flexibility index (Phi) is 8.75. The van der Waals surface area contributed by atoms with Gasteiger partial charge in [-0.25, -0.2) is 0 Å². The lowest BCUT2D eigenvalue weighted by Gasteiger charge is -2.19. The molecule has 0 aliphatic heterocycles. The number of nitrogens with one attached hydrogen (secondary N) is 1. The van der Waals surface area contributed by atoms with Crippen molar-refractivity contribution in [3.8, 4) is 5.75 Å². The van der Waals surface area contributed by atoms with Crippen LogP contribution in [-0.4, -0.2) is 50.1 Å². The van der Waals surface area contributed by atoms with E-state index in [1.807, 2.05) is 13.8 Å². The highest BCUT2D eigenvalue weighted by molar-refractivity contribution is 5.92. The van der Waals surface area contributed by atoms with Gasteiger partial charge in [-0.3, -0.25) is 14.5 Å². The van der Waals surface area contributed by atoms with E-state index in [0.717, 1.165) is 12.8 Å². The molecule has 1 aromatic carbocycles. The number of benzene rings is 1. The van der Waals surface area contributed by atoms with Gasteiger partial charge in [0.2, 0.25) is 5.91 Å². The van der Waals surface area contributed by atoms with E-state index >= 15 is 0 Å². The minimum absolute atomic E-state index is 0.117. The lowest BCUT2D eigenvalue weighted by molar-refractivity contribution is -0.145. The third-order valence-corrected chi connectivity index (χ3v) is 3.28. The summed E-state index contributed by atoms with van der Waals surface area (Å²) in [5, 5.41) is 2.79. The summed E-state index contributed by atoms with van der Waals surface area (Å²) in [5.41, 5.74) is 0.663. The van der Waals surface area contributed by atoms with E-state index in [9.17, 15) is 9.59 Å². The number of hydrogen-bond donors (Lipinski definition) is 1. The second-order valence-corrected chi connectivity index (χ2v) is 5.16. The first-order valence-electron chi connectivity index (χ1n) is 7.90. The molecule has 0 spiro atoms. The summed E-state index contributed by atoms with van der Waals surface area (Å²) < 4.78 is 10.2. The zero-order valence-corrected chi connectivity index (χ0v) is 14.1. The molecule has 23 heavy (non-hydrogen) atoms. The molecule has 0 radical (unpaired) electrons. The first-order valence-corrected chi connectivity index (χ1v) is 7.90. The van der Waals surface area contributed by atoms with Crippen molar-refractivity contribution in [1.29, 1.82) is 0 Å². The number of anilines is 1. The fraction of sp³-hybridized carbons (Fsp3) is 0.529. The quantitative estimate of drug-likeness (QED) is 0.529. The number of likely N-dealkylation sites (N-methyl/N-ethyl adjacent to an activating group) is 1. The van der Waals surface area contributed by atoms with Gasteiger partial charge >= 0.3 is 5.97 Å². The molecule has 0 aromatic heterocycles. The molecule has 0 fully saturated rings. The first-order chi connectivity index (χ1) is 11.1.